The van der Waals surface area contributed by atoms with Crippen molar-refractivity contribution in [3.8, 4) is 0 Å². The molecule has 0 N–H and O–H groups in total. The molecule has 22 heavy (non-hydrogen) atoms. The van der Waals surface area contributed by atoms with Crippen molar-refractivity contribution in [2.75, 3.05) is 0 Å². The van der Waals surface area contributed by atoms with Crippen LogP contribution in [0.15, 0.2) is 57.8 Å². The summed E-state index contributed by atoms with van der Waals surface area (Å²) in [5.74, 6) is 0. The van der Waals surface area contributed by atoms with E-state index in [4.69, 9.17) is 0 Å². The van der Waals surface area contributed by atoms with Gasteiger partial charge in [-0.2, -0.15) is 12.8 Å². The van der Waals surface area contributed by atoms with Gasteiger partial charge in [-0.3, -0.25) is 0 Å². The highest BCUT2D eigenvalue weighted by molar-refractivity contribution is 7.90. The Balaban J connectivity index is 2.22. The monoisotopic (exact) mass is 315 g/mol. The van der Waals surface area contributed by atoms with Crippen LogP contribution in [0.2, 0.25) is 0 Å². The summed E-state index contributed by atoms with van der Waals surface area (Å²) in [6.45, 7) is 8.32. The Kier molecular flexibility index (Phi) is 4.52. The predicted molar refractivity (Wildman–Crippen MR) is 91.1 cm³/mol. The second kappa shape index (κ2) is 6.05. The zero-order valence-corrected chi connectivity index (χ0v) is 14.2. The molecule has 2 aromatic rings. The highest BCUT2D eigenvalue weighted by Crippen LogP contribution is 2.22. The minimum Gasteiger partial charge on any atom is -0.199 e. The fourth-order valence-corrected chi connectivity index (χ4v) is 2.83. The van der Waals surface area contributed by atoms with Crippen LogP contribution in [0.3, 0.4) is 0 Å². The lowest BCUT2D eigenvalue weighted by atomic mass is 9.87. The Morgan fingerprint density at radius 2 is 1.45 bits per heavy atom. The molecule has 0 spiro atoms. The molecular formula is C18H21NO2S. The molecule has 0 amide bonds. The topological polar surface area (TPSA) is 46.5 Å². The van der Waals surface area contributed by atoms with E-state index in [0.29, 0.717) is 0 Å². The molecule has 3 nitrogen and oxygen atoms in total. The number of sulfonamides is 1. The van der Waals surface area contributed by atoms with Gasteiger partial charge in [0.25, 0.3) is 10.0 Å². The lowest BCUT2D eigenvalue weighted by Gasteiger charge is -2.18. The average Bonchev–Trinajstić information content (AvgIpc) is 2.45. The van der Waals surface area contributed by atoms with Gasteiger partial charge in [0, 0.05) is 6.21 Å². The lowest BCUT2D eigenvalue weighted by molar-refractivity contribution is 0.590. The first kappa shape index (κ1) is 16.4. The lowest BCUT2D eigenvalue weighted by Crippen LogP contribution is -2.10. The summed E-state index contributed by atoms with van der Waals surface area (Å²) in [5.41, 5.74) is 3.05. The van der Waals surface area contributed by atoms with Crippen molar-refractivity contribution in [2.45, 2.75) is 38.0 Å². The fraction of sp³-hybridized carbons (Fsp3) is 0.278. The normalized spacial score (nSPS) is 12.7. The minimum absolute atomic E-state index is 0.0731. The summed E-state index contributed by atoms with van der Waals surface area (Å²) in [6, 6.07) is 14.4. The molecule has 2 rings (SSSR count). The first-order valence-corrected chi connectivity index (χ1v) is 8.60. The van der Waals surface area contributed by atoms with Crippen LogP contribution < -0.4 is 0 Å². The maximum Gasteiger partial charge on any atom is 0.282 e. The molecule has 2 aromatic carbocycles. The third kappa shape index (κ3) is 4.04. The largest absolute Gasteiger partial charge is 0.282 e. The minimum atomic E-state index is -3.64. The van der Waals surface area contributed by atoms with Crippen LogP contribution in [0, 0.1) is 6.92 Å². The van der Waals surface area contributed by atoms with Gasteiger partial charge < -0.3 is 0 Å². The van der Waals surface area contributed by atoms with Gasteiger partial charge >= 0.3 is 0 Å². The average molecular weight is 315 g/mol. The number of aryl methyl sites for hydroxylation is 1. The quantitative estimate of drug-likeness (QED) is 0.801. The van der Waals surface area contributed by atoms with Crippen LogP contribution in [0.5, 0.6) is 0 Å². The van der Waals surface area contributed by atoms with Gasteiger partial charge in [-0.05, 0) is 35.6 Å². The Hall–Kier alpha value is -1.94. The number of hydrogen-bond acceptors (Lipinski definition) is 2. The Morgan fingerprint density at radius 3 is 1.95 bits per heavy atom. The van der Waals surface area contributed by atoms with Crippen LogP contribution >= 0.6 is 0 Å². The zero-order valence-electron chi connectivity index (χ0n) is 13.4. The fourth-order valence-electron chi connectivity index (χ4n) is 1.97. The van der Waals surface area contributed by atoms with E-state index in [1.807, 2.05) is 31.2 Å². The van der Waals surface area contributed by atoms with E-state index in [9.17, 15) is 8.42 Å². The molecule has 0 aromatic heterocycles. The van der Waals surface area contributed by atoms with Gasteiger partial charge in [-0.25, -0.2) is 0 Å². The van der Waals surface area contributed by atoms with Gasteiger partial charge in [-0.1, -0.05) is 62.7 Å². The van der Waals surface area contributed by atoms with Crippen LogP contribution in [0.25, 0.3) is 0 Å². The molecule has 0 bridgehead atoms. The third-order valence-electron chi connectivity index (χ3n) is 3.44. The van der Waals surface area contributed by atoms with Crippen molar-refractivity contribution < 1.29 is 8.42 Å². The number of rotatable bonds is 3. The van der Waals surface area contributed by atoms with Gasteiger partial charge in [-0.15, -0.1) is 0 Å². The van der Waals surface area contributed by atoms with E-state index in [2.05, 4.69) is 25.2 Å². The Morgan fingerprint density at radius 1 is 0.909 bits per heavy atom. The summed E-state index contributed by atoms with van der Waals surface area (Å²) in [4.78, 5) is 0.209. The van der Waals surface area contributed by atoms with Crippen LogP contribution in [-0.2, 0) is 15.4 Å². The summed E-state index contributed by atoms with van der Waals surface area (Å²) in [6.07, 6.45) is 1.39. The van der Waals surface area contributed by atoms with Gasteiger partial charge in [0.05, 0.1) is 4.90 Å². The van der Waals surface area contributed by atoms with Crippen LogP contribution in [-0.4, -0.2) is 14.6 Å². The second-order valence-electron chi connectivity index (χ2n) is 6.39. The zero-order chi connectivity index (χ0) is 16.4. The van der Waals surface area contributed by atoms with Crippen molar-refractivity contribution in [2.24, 2.45) is 4.40 Å². The Bertz CT molecular complexity index is 765. The van der Waals surface area contributed by atoms with Crippen molar-refractivity contribution in [1.82, 2.24) is 0 Å². The molecule has 116 valence electrons. The first-order chi connectivity index (χ1) is 10.2. The van der Waals surface area contributed by atoms with Crippen molar-refractivity contribution in [3.05, 3.63) is 65.2 Å². The van der Waals surface area contributed by atoms with Crippen molar-refractivity contribution >= 4 is 16.2 Å². The van der Waals surface area contributed by atoms with E-state index >= 15 is 0 Å². The molecular weight excluding hydrogens is 294 g/mol. The van der Waals surface area contributed by atoms with Gasteiger partial charge in [0.15, 0.2) is 0 Å². The molecule has 0 saturated heterocycles. The standard InChI is InChI=1S/C18H21NO2S/c1-14-5-11-17(12-6-14)22(20,21)19-13-15-7-9-16(10-8-15)18(2,3)4/h5-13H,1-4H3/b19-13+. The molecule has 0 saturated carbocycles. The maximum absolute atomic E-state index is 12.1. The molecule has 0 unspecified atom stereocenters. The first-order valence-electron chi connectivity index (χ1n) is 7.16. The van der Waals surface area contributed by atoms with E-state index in [0.717, 1.165) is 11.1 Å². The van der Waals surface area contributed by atoms with Gasteiger partial charge in [0.1, 0.15) is 0 Å². The molecule has 0 heterocycles. The molecule has 0 aliphatic rings. The van der Waals surface area contributed by atoms with Crippen molar-refractivity contribution in [1.29, 1.82) is 0 Å². The summed E-state index contributed by atoms with van der Waals surface area (Å²) in [5, 5.41) is 0. The number of hydrogen-bond donors (Lipinski definition) is 0. The number of benzene rings is 2. The molecule has 0 aliphatic carbocycles. The molecule has 4 heteroatoms. The summed E-state index contributed by atoms with van der Waals surface area (Å²) in [7, 11) is -3.64. The third-order valence-corrected chi connectivity index (χ3v) is 4.69. The number of nitrogens with zero attached hydrogens (tertiary/aromatic N) is 1. The van der Waals surface area contributed by atoms with E-state index in [1.54, 1.807) is 24.3 Å². The highest BCUT2D eigenvalue weighted by atomic mass is 32.2. The van der Waals surface area contributed by atoms with Crippen LogP contribution in [0.4, 0.5) is 0 Å². The summed E-state index contributed by atoms with van der Waals surface area (Å²) >= 11 is 0. The molecule has 0 fully saturated rings. The van der Waals surface area contributed by atoms with E-state index < -0.39 is 10.0 Å². The van der Waals surface area contributed by atoms with Gasteiger partial charge in [0.2, 0.25) is 0 Å². The second-order valence-corrected chi connectivity index (χ2v) is 8.03. The molecule has 0 radical (unpaired) electrons. The molecule has 0 aliphatic heterocycles. The van der Waals surface area contributed by atoms with E-state index in [-0.39, 0.29) is 10.3 Å². The molecule has 0 atom stereocenters. The smallest absolute Gasteiger partial charge is 0.199 e. The Labute approximate surface area is 132 Å². The van der Waals surface area contributed by atoms with E-state index in [1.165, 1.54) is 11.8 Å². The van der Waals surface area contributed by atoms with Crippen molar-refractivity contribution in [3.63, 3.8) is 0 Å². The maximum atomic E-state index is 12.1. The predicted octanol–water partition coefficient (Wildman–Crippen LogP) is 4.10. The summed E-state index contributed by atoms with van der Waals surface area (Å²) < 4.78 is 28.1. The highest BCUT2D eigenvalue weighted by Gasteiger charge is 2.13. The van der Waals surface area contributed by atoms with Crippen LogP contribution in [0.1, 0.15) is 37.5 Å². The SMILES string of the molecule is Cc1ccc(S(=O)(=O)/N=C/c2ccc(C(C)(C)C)cc2)cc1.